The van der Waals surface area contributed by atoms with Crippen LogP contribution in [-0.2, 0) is 15.3 Å². The van der Waals surface area contributed by atoms with E-state index in [1.807, 2.05) is 24.3 Å². The zero-order valence-corrected chi connectivity index (χ0v) is 35.8. The Morgan fingerprint density at radius 2 is 0.952 bits per heavy atom. The maximum absolute atomic E-state index is 15.0. The smallest absolute Gasteiger partial charge is 0.207 e. The van der Waals surface area contributed by atoms with Crippen molar-refractivity contribution in [3.05, 3.63) is 205 Å². The van der Waals surface area contributed by atoms with Crippen molar-refractivity contribution in [1.29, 1.82) is 0 Å². The highest BCUT2D eigenvalue weighted by molar-refractivity contribution is 7.91. The minimum atomic E-state index is -3.80. The summed E-state index contributed by atoms with van der Waals surface area (Å²) in [7, 11) is -3.80. The van der Waals surface area contributed by atoms with Crippen molar-refractivity contribution in [2.45, 2.75) is 47.3 Å². The van der Waals surface area contributed by atoms with Crippen molar-refractivity contribution >= 4 is 48.7 Å². The van der Waals surface area contributed by atoms with Crippen molar-refractivity contribution in [3.63, 3.8) is 0 Å². The molecule has 9 aromatic rings. The molecule has 5 heteroatoms. The van der Waals surface area contributed by atoms with Gasteiger partial charge in [0.05, 0.1) is 26.5 Å². The molecule has 5 aliphatic rings. The lowest BCUT2D eigenvalue weighted by atomic mass is 9.42. The van der Waals surface area contributed by atoms with Crippen LogP contribution >= 0.6 is 0 Å². The van der Waals surface area contributed by atoms with Crippen molar-refractivity contribution in [3.8, 4) is 27.9 Å². The van der Waals surface area contributed by atoms with Crippen molar-refractivity contribution in [2.24, 2.45) is 23.7 Å². The fourth-order valence-corrected chi connectivity index (χ4v) is 14.9. The third-order valence-electron chi connectivity index (χ3n) is 15.4. The molecule has 1 aromatic heterocycles. The van der Waals surface area contributed by atoms with Crippen LogP contribution in [0.15, 0.2) is 204 Å². The number of rotatable bonds is 6. The molecular weight excluding hydrogens is 789 g/mol. The Kier molecular flexibility index (Phi) is 8.15. The summed E-state index contributed by atoms with van der Waals surface area (Å²) in [6, 6.07) is 68.3. The van der Waals surface area contributed by atoms with Crippen molar-refractivity contribution in [2.75, 3.05) is 4.90 Å². The first kappa shape index (κ1) is 36.9. The molecule has 0 amide bonds. The molecule has 0 atom stereocenters. The molecule has 0 saturated heterocycles. The molecule has 1 spiro atoms. The molecule has 8 aromatic carbocycles. The first-order chi connectivity index (χ1) is 31.0. The first-order valence-electron chi connectivity index (χ1n) is 22.6. The molecule has 1 aliphatic heterocycles. The third kappa shape index (κ3) is 5.42. The van der Waals surface area contributed by atoms with Gasteiger partial charge in [-0.25, -0.2) is 8.42 Å². The minimum Gasteiger partial charge on any atom is -0.310 e. The first-order valence-corrected chi connectivity index (χ1v) is 24.1. The maximum atomic E-state index is 15.0. The average Bonchev–Trinajstić information content (AvgIpc) is 3.66. The number of fused-ring (bicyclic) bond motifs is 5. The zero-order valence-electron chi connectivity index (χ0n) is 34.9. The quantitative estimate of drug-likeness (QED) is 0.168. The van der Waals surface area contributed by atoms with E-state index in [9.17, 15) is 0 Å². The lowest BCUT2D eigenvalue weighted by molar-refractivity contribution is -0.0446. The van der Waals surface area contributed by atoms with Gasteiger partial charge in [0.15, 0.2) is 0 Å². The van der Waals surface area contributed by atoms with E-state index < -0.39 is 9.84 Å². The molecule has 4 fully saturated rings. The number of nitrogens with zero attached hydrogens (tertiary/aromatic N) is 2. The number of benzene rings is 8. The Morgan fingerprint density at radius 3 is 1.62 bits per heavy atom. The van der Waals surface area contributed by atoms with Crippen molar-refractivity contribution in [1.82, 2.24) is 4.57 Å². The molecule has 4 bridgehead atoms. The Labute approximate surface area is 369 Å². The van der Waals surface area contributed by atoms with Gasteiger partial charge in [-0.05, 0) is 144 Å². The highest BCUT2D eigenvalue weighted by atomic mass is 32.2. The van der Waals surface area contributed by atoms with Crippen LogP contribution in [0.2, 0.25) is 0 Å². The molecule has 4 saturated carbocycles. The molecule has 2 heterocycles. The number of sulfone groups is 1. The molecule has 14 rings (SSSR count). The van der Waals surface area contributed by atoms with Gasteiger partial charge < -0.3 is 9.47 Å². The third-order valence-corrected chi connectivity index (χ3v) is 17.3. The van der Waals surface area contributed by atoms with Crippen LogP contribution in [0.3, 0.4) is 0 Å². The second-order valence-corrected chi connectivity index (χ2v) is 20.4. The normalized spacial score (nSPS) is 22.6. The Morgan fingerprint density at radius 1 is 0.444 bits per heavy atom. The lowest BCUT2D eigenvalue weighted by Crippen LogP contribution is -2.57. The van der Waals surface area contributed by atoms with Crippen LogP contribution in [0.1, 0.15) is 43.2 Å². The van der Waals surface area contributed by atoms with Crippen LogP contribution < -0.4 is 4.90 Å². The van der Waals surface area contributed by atoms with Gasteiger partial charge >= 0.3 is 0 Å². The van der Waals surface area contributed by atoms with E-state index in [-0.39, 0.29) is 5.41 Å². The summed E-state index contributed by atoms with van der Waals surface area (Å²) in [5, 5.41) is 2.47. The van der Waals surface area contributed by atoms with Crippen molar-refractivity contribution < 1.29 is 8.42 Å². The average molecular weight is 835 g/mol. The van der Waals surface area contributed by atoms with Gasteiger partial charge in [0.25, 0.3) is 0 Å². The standard InChI is InChI=1S/C58H46N2O2S/c61-63(62)56-21-11-7-17-51(56)58(43-33-38-32-39(35-43)36-44(58)34-38)52-31-30-47(37-57(52)63)59(45-26-22-41(23-27-45)40-12-2-1-3-13-40)46-28-24-42(25-29-46)48-14-4-8-18-53(48)60-54-19-9-5-15-49(54)50-16-6-10-20-55(50)60/h1-31,37-39,43-44H,32-36H2/t38-,39+,43?,44?,58?. The predicted molar refractivity (Wildman–Crippen MR) is 256 cm³/mol. The molecular formula is C58H46N2O2S. The Balaban J connectivity index is 0.964. The SMILES string of the molecule is O=S1(=O)c2ccccc2C2(c3ccc(N(c4ccc(-c5ccccc5)cc4)c4ccc(-c5ccccc5-n5c6ccccc6c6ccccc65)cc4)cc31)C1C[C@H]3CC2C[C@@H](C1)C3. The van der Waals surface area contributed by atoms with Gasteiger partial charge in [0.1, 0.15) is 0 Å². The molecule has 63 heavy (non-hydrogen) atoms. The maximum Gasteiger partial charge on any atom is 0.207 e. The zero-order chi connectivity index (χ0) is 41.9. The van der Waals surface area contributed by atoms with E-state index in [2.05, 4.69) is 179 Å². The molecule has 4 nitrogen and oxygen atoms in total. The predicted octanol–water partition coefficient (Wildman–Crippen LogP) is 14.5. The number of hydrogen-bond donors (Lipinski definition) is 0. The lowest BCUT2D eigenvalue weighted by Gasteiger charge is -2.63. The summed E-state index contributed by atoms with van der Waals surface area (Å²) in [5.41, 5.74) is 12.5. The summed E-state index contributed by atoms with van der Waals surface area (Å²) >= 11 is 0. The highest BCUT2D eigenvalue weighted by Gasteiger charge is 2.62. The van der Waals surface area contributed by atoms with E-state index in [0.717, 1.165) is 68.0 Å². The van der Waals surface area contributed by atoms with Gasteiger partial charge in [-0.15, -0.1) is 0 Å². The molecule has 0 N–H and O–H groups in total. The summed E-state index contributed by atoms with van der Waals surface area (Å²) < 4.78 is 32.5. The summed E-state index contributed by atoms with van der Waals surface area (Å²) in [4.78, 5) is 3.22. The van der Waals surface area contributed by atoms with Gasteiger partial charge in [-0.3, -0.25) is 0 Å². The number of aromatic nitrogens is 1. The van der Waals surface area contributed by atoms with Crippen LogP contribution in [0, 0.1) is 23.7 Å². The van der Waals surface area contributed by atoms with Crippen LogP contribution in [-0.4, -0.2) is 13.0 Å². The summed E-state index contributed by atoms with van der Waals surface area (Å²) in [6.45, 7) is 0. The monoisotopic (exact) mass is 834 g/mol. The van der Waals surface area contributed by atoms with E-state index in [1.54, 1.807) is 0 Å². The largest absolute Gasteiger partial charge is 0.310 e. The second kappa shape index (κ2) is 13.9. The fraction of sp³-hybridized carbons (Fsp3) is 0.172. The Hall–Kier alpha value is -6.69. The van der Waals surface area contributed by atoms with E-state index in [1.165, 1.54) is 53.9 Å². The topological polar surface area (TPSA) is 42.3 Å². The fourth-order valence-electron chi connectivity index (χ4n) is 13.1. The highest BCUT2D eigenvalue weighted by Crippen LogP contribution is 2.68. The van der Waals surface area contributed by atoms with E-state index in [0.29, 0.717) is 21.6 Å². The van der Waals surface area contributed by atoms with E-state index >= 15 is 8.42 Å². The van der Waals surface area contributed by atoms with E-state index in [4.69, 9.17) is 0 Å². The van der Waals surface area contributed by atoms with Gasteiger partial charge in [0, 0.05) is 38.8 Å². The van der Waals surface area contributed by atoms with Crippen LogP contribution in [0.4, 0.5) is 17.1 Å². The second-order valence-electron chi connectivity index (χ2n) is 18.5. The number of hydrogen-bond acceptors (Lipinski definition) is 3. The van der Waals surface area contributed by atoms with Gasteiger partial charge in [0.2, 0.25) is 9.84 Å². The van der Waals surface area contributed by atoms with Gasteiger partial charge in [-0.1, -0.05) is 133 Å². The molecule has 0 radical (unpaired) electrons. The Bertz CT molecular complexity index is 3290. The number of para-hydroxylation sites is 3. The minimum absolute atomic E-state index is 0.281. The molecule has 0 unspecified atom stereocenters. The number of anilines is 3. The molecule has 306 valence electrons. The summed E-state index contributed by atoms with van der Waals surface area (Å²) in [6.07, 6.45) is 6.10. The summed E-state index contributed by atoms with van der Waals surface area (Å²) in [5.74, 6) is 2.43. The van der Waals surface area contributed by atoms with Crippen LogP contribution in [0.5, 0.6) is 0 Å². The molecule has 4 aliphatic carbocycles. The van der Waals surface area contributed by atoms with Crippen LogP contribution in [0.25, 0.3) is 49.7 Å². The van der Waals surface area contributed by atoms with Gasteiger partial charge in [-0.2, -0.15) is 0 Å².